The number of nitrogens with one attached hydrogen (secondary N) is 1. The lowest BCUT2D eigenvalue weighted by Crippen LogP contribution is -2.26. The zero-order valence-corrected chi connectivity index (χ0v) is 18.6. The summed E-state index contributed by atoms with van der Waals surface area (Å²) in [6.45, 7) is 1.88. The molecule has 8 heteroatoms. The first-order valence-corrected chi connectivity index (χ1v) is 11.6. The van der Waals surface area contributed by atoms with E-state index in [0.29, 0.717) is 17.8 Å². The van der Waals surface area contributed by atoms with Crippen molar-refractivity contribution in [2.24, 2.45) is 23.7 Å². The lowest BCUT2D eigenvalue weighted by atomic mass is 9.86. The van der Waals surface area contributed by atoms with Gasteiger partial charge >= 0.3 is 6.18 Å². The van der Waals surface area contributed by atoms with Crippen LogP contribution in [0.15, 0.2) is 48.8 Å². The molecule has 0 bridgehead atoms. The first-order chi connectivity index (χ1) is 16.2. The highest BCUT2D eigenvalue weighted by Gasteiger charge is 2.44. The van der Waals surface area contributed by atoms with Crippen LogP contribution in [0.5, 0.6) is 0 Å². The molecule has 0 radical (unpaired) electrons. The SMILES string of the molecule is CC(C(=O)Nc1ccc(C(F)(F)F)nc1)C1CC2CC(c3ccnc4ccc(F)cc34)C[C@@H]2C1. The van der Waals surface area contributed by atoms with Crippen LogP contribution in [0.4, 0.5) is 23.2 Å². The number of aromatic nitrogens is 2. The molecule has 5 rings (SSSR count). The second-order valence-electron chi connectivity index (χ2n) is 9.69. The zero-order valence-electron chi connectivity index (χ0n) is 18.6. The summed E-state index contributed by atoms with van der Waals surface area (Å²) < 4.78 is 51.9. The molecule has 2 saturated carbocycles. The third-order valence-corrected chi connectivity index (χ3v) is 7.67. The molecular formula is C26H25F4N3O. The van der Waals surface area contributed by atoms with Gasteiger partial charge in [0.1, 0.15) is 11.5 Å². The van der Waals surface area contributed by atoms with Gasteiger partial charge in [0.2, 0.25) is 5.91 Å². The summed E-state index contributed by atoms with van der Waals surface area (Å²) in [4.78, 5) is 20.5. The van der Waals surface area contributed by atoms with Gasteiger partial charge in [0.15, 0.2) is 0 Å². The molecule has 2 aliphatic carbocycles. The number of carbonyl (C=O) groups excluding carboxylic acids is 1. The standard InChI is InChI=1S/C26H25F4N3O/c1-14(25(34)33-20-3-5-24(32-13-20)26(28,29)30)15-8-16-10-18(11-17(16)9-15)21-6-7-31-23-4-2-19(27)12-22(21)23/h2-7,12-18H,8-11H2,1H3,(H,33,34)/t14?,15?,16-,17?,18?/m0/s1. The second-order valence-corrected chi connectivity index (χ2v) is 9.69. The van der Waals surface area contributed by atoms with Crippen LogP contribution < -0.4 is 5.32 Å². The van der Waals surface area contributed by atoms with Gasteiger partial charge < -0.3 is 5.32 Å². The number of hydrogen-bond donors (Lipinski definition) is 1. The van der Waals surface area contributed by atoms with Crippen molar-refractivity contribution in [2.75, 3.05) is 5.32 Å². The van der Waals surface area contributed by atoms with Crippen molar-refractivity contribution in [2.45, 2.75) is 44.7 Å². The van der Waals surface area contributed by atoms with Crippen molar-refractivity contribution in [3.8, 4) is 0 Å². The van der Waals surface area contributed by atoms with E-state index in [2.05, 4.69) is 15.3 Å². The highest BCUT2D eigenvalue weighted by atomic mass is 19.4. The molecule has 0 saturated heterocycles. The number of alkyl halides is 3. The van der Waals surface area contributed by atoms with Crippen LogP contribution in [0, 0.1) is 29.5 Å². The van der Waals surface area contributed by atoms with Crippen molar-refractivity contribution >= 4 is 22.5 Å². The van der Waals surface area contributed by atoms with Gasteiger partial charge in [-0.05, 0) is 91.3 Å². The zero-order chi connectivity index (χ0) is 24.0. The Morgan fingerprint density at radius 2 is 1.76 bits per heavy atom. The fourth-order valence-electron chi connectivity index (χ4n) is 5.93. The van der Waals surface area contributed by atoms with Crippen LogP contribution in [0.2, 0.25) is 0 Å². The number of pyridine rings is 2. The number of carbonyl (C=O) groups is 1. The molecule has 2 fully saturated rings. The highest BCUT2D eigenvalue weighted by Crippen LogP contribution is 2.54. The summed E-state index contributed by atoms with van der Waals surface area (Å²) in [7, 11) is 0. The number of amides is 1. The Bertz CT molecular complexity index is 1200. The minimum atomic E-state index is -4.51. The van der Waals surface area contributed by atoms with Crippen LogP contribution in [0.3, 0.4) is 0 Å². The molecule has 0 spiro atoms. The van der Waals surface area contributed by atoms with Crippen LogP contribution in [0.1, 0.15) is 49.8 Å². The van der Waals surface area contributed by atoms with E-state index in [1.807, 2.05) is 13.0 Å². The first kappa shape index (κ1) is 22.7. The Hall–Kier alpha value is -3.03. The number of benzene rings is 1. The Morgan fingerprint density at radius 1 is 1.03 bits per heavy atom. The maximum atomic E-state index is 13.9. The average molecular weight is 471 g/mol. The fraction of sp³-hybridized carbons (Fsp3) is 0.423. The van der Waals surface area contributed by atoms with Gasteiger partial charge in [0, 0.05) is 17.5 Å². The lowest BCUT2D eigenvalue weighted by Gasteiger charge is -2.21. The molecule has 5 atom stereocenters. The van der Waals surface area contributed by atoms with Gasteiger partial charge in [-0.1, -0.05) is 6.92 Å². The van der Waals surface area contributed by atoms with Gasteiger partial charge in [-0.3, -0.25) is 9.78 Å². The topological polar surface area (TPSA) is 54.9 Å². The van der Waals surface area contributed by atoms with E-state index in [9.17, 15) is 22.4 Å². The molecule has 1 N–H and O–H groups in total. The van der Waals surface area contributed by atoms with Gasteiger partial charge in [-0.15, -0.1) is 0 Å². The summed E-state index contributed by atoms with van der Waals surface area (Å²) in [6.07, 6.45) is 2.23. The van der Waals surface area contributed by atoms with Crippen LogP contribution in [-0.2, 0) is 11.0 Å². The molecule has 1 amide bonds. The number of nitrogens with zero attached hydrogens (tertiary/aromatic N) is 2. The predicted molar refractivity (Wildman–Crippen MR) is 120 cm³/mol. The molecule has 4 nitrogen and oxygen atoms in total. The van der Waals surface area contributed by atoms with E-state index in [-0.39, 0.29) is 29.2 Å². The van der Waals surface area contributed by atoms with E-state index in [4.69, 9.17) is 0 Å². The van der Waals surface area contributed by atoms with E-state index in [0.717, 1.165) is 54.4 Å². The molecule has 0 aliphatic heterocycles. The molecule has 2 heterocycles. The number of rotatable bonds is 4. The summed E-state index contributed by atoms with van der Waals surface area (Å²) >= 11 is 0. The van der Waals surface area contributed by atoms with Crippen molar-refractivity contribution in [3.63, 3.8) is 0 Å². The van der Waals surface area contributed by atoms with E-state index < -0.39 is 11.9 Å². The lowest BCUT2D eigenvalue weighted by molar-refractivity contribution is -0.141. The predicted octanol–water partition coefficient (Wildman–Crippen LogP) is 6.58. The van der Waals surface area contributed by atoms with Gasteiger partial charge in [0.05, 0.1) is 17.4 Å². The average Bonchev–Trinajstić information content (AvgIpc) is 3.37. The summed E-state index contributed by atoms with van der Waals surface area (Å²) in [5.41, 5.74) is 1.23. The third-order valence-electron chi connectivity index (χ3n) is 7.67. The molecule has 2 aliphatic rings. The largest absolute Gasteiger partial charge is 0.433 e. The highest BCUT2D eigenvalue weighted by molar-refractivity contribution is 5.92. The second kappa shape index (κ2) is 8.64. The monoisotopic (exact) mass is 471 g/mol. The smallest absolute Gasteiger partial charge is 0.324 e. The molecule has 2 aromatic heterocycles. The van der Waals surface area contributed by atoms with Crippen molar-refractivity contribution < 1.29 is 22.4 Å². The van der Waals surface area contributed by atoms with Crippen molar-refractivity contribution in [1.82, 2.24) is 9.97 Å². The summed E-state index contributed by atoms with van der Waals surface area (Å²) in [5, 5.41) is 3.59. The van der Waals surface area contributed by atoms with Gasteiger partial charge in [-0.2, -0.15) is 13.2 Å². The Kier molecular flexibility index (Phi) is 5.78. The molecule has 34 heavy (non-hydrogen) atoms. The van der Waals surface area contributed by atoms with Crippen LogP contribution >= 0.6 is 0 Å². The maximum Gasteiger partial charge on any atom is 0.433 e. The minimum absolute atomic E-state index is 0.196. The number of fused-ring (bicyclic) bond motifs is 2. The molecular weight excluding hydrogens is 446 g/mol. The number of hydrogen-bond acceptors (Lipinski definition) is 3. The van der Waals surface area contributed by atoms with E-state index >= 15 is 0 Å². The Morgan fingerprint density at radius 3 is 2.41 bits per heavy atom. The summed E-state index contributed by atoms with van der Waals surface area (Å²) in [6, 6.07) is 8.81. The maximum absolute atomic E-state index is 13.9. The molecule has 1 aromatic carbocycles. The summed E-state index contributed by atoms with van der Waals surface area (Å²) in [5.74, 6) is 0.893. The normalized spacial score (nSPS) is 25.3. The van der Waals surface area contributed by atoms with E-state index in [1.54, 1.807) is 18.3 Å². The quantitative estimate of drug-likeness (QED) is 0.437. The molecule has 3 aromatic rings. The minimum Gasteiger partial charge on any atom is -0.324 e. The number of halogens is 4. The van der Waals surface area contributed by atoms with Crippen molar-refractivity contribution in [1.29, 1.82) is 0 Å². The molecule has 178 valence electrons. The van der Waals surface area contributed by atoms with Crippen molar-refractivity contribution in [3.05, 3.63) is 65.9 Å². The first-order valence-electron chi connectivity index (χ1n) is 11.6. The van der Waals surface area contributed by atoms with E-state index in [1.165, 1.54) is 12.1 Å². The van der Waals surface area contributed by atoms with Gasteiger partial charge in [-0.25, -0.2) is 9.37 Å². The fourth-order valence-corrected chi connectivity index (χ4v) is 5.93. The molecule has 4 unspecified atom stereocenters. The third kappa shape index (κ3) is 4.38. The van der Waals surface area contributed by atoms with Crippen LogP contribution in [-0.4, -0.2) is 15.9 Å². The Balaban J connectivity index is 1.21. The number of anilines is 1. The van der Waals surface area contributed by atoms with Crippen LogP contribution in [0.25, 0.3) is 10.9 Å². The van der Waals surface area contributed by atoms with Gasteiger partial charge in [0.25, 0.3) is 0 Å². The Labute approximate surface area is 194 Å².